The lowest BCUT2D eigenvalue weighted by Gasteiger charge is -2.42. The van der Waals surface area contributed by atoms with Gasteiger partial charge in [-0.3, -0.25) is 9.63 Å². The van der Waals surface area contributed by atoms with Gasteiger partial charge in [-0.05, 0) is 81.1 Å². The van der Waals surface area contributed by atoms with Crippen LogP contribution in [0.2, 0.25) is 5.02 Å². The van der Waals surface area contributed by atoms with Gasteiger partial charge in [-0.25, -0.2) is 5.48 Å². The van der Waals surface area contributed by atoms with E-state index < -0.39 is 0 Å². The number of hydrogen-bond acceptors (Lipinski definition) is 4. The molecule has 2 N–H and O–H groups in total. The number of rotatable bonds is 5. The molecule has 2 aliphatic rings. The third kappa shape index (κ3) is 4.11. The van der Waals surface area contributed by atoms with Gasteiger partial charge >= 0.3 is 0 Å². The van der Waals surface area contributed by atoms with Gasteiger partial charge in [-0.2, -0.15) is 0 Å². The van der Waals surface area contributed by atoms with Gasteiger partial charge in [0.05, 0.1) is 13.2 Å². The first-order valence-electron chi connectivity index (χ1n) is 9.95. The molecule has 0 aromatic heterocycles. The summed E-state index contributed by atoms with van der Waals surface area (Å²) in [6, 6.07) is 14.1. The van der Waals surface area contributed by atoms with Crippen molar-refractivity contribution in [2.45, 2.75) is 45.2 Å². The van der Waals surface area contributed by atoms with Gasteiger partial charge in [0.25, 0.3) is 5.91 Å². The normalized spacial score (nSPS) is 20.1. The van der Waals surface area contributed by atoms with E-state index in [9.17, 15) is 4.79 Å². The molecule has 2 aromatic rings. The summed E-state index contributed by atoms with van der Waals surface area (Å²) in [6.07, 6.45) is 3.30. The average Bonchev–Trinajstić information content (AvgIpc) is 3.55. The molecule has 5 nitrogen and oxygen atoms in total. The second-order valence-electron chi connectivity index (χ2n) is 7.76. The van der Waals surface area contributed by atoms with Crippen LogP contribution in [0, 0.1) is 0 Å². The number of hydrogen-bond donors (Lipinski definition) is 2. The van der Waals surface area contributed by atoms with Crippen molar-refractivity contribution < 1.29 is 9.63 Å². The lowest BCUT2D eigenvalue weighted by molar-refractivity contribution is 0.0537. The SMILES string of the molecule is CONC(=O)c1ccc2c(c1)C(Nc1ccc(Cl)cc1)CC(C)N2C(C)=C1CC1. The molecule has 1 heterocycles. The molecule has 152 valence electrons. The van der Waals surface area contributed by atoms with Crippen molar-refractivity contribution in [1.29, 1.82) is 0 Å². The van der Waals surface area contributed by atoms with E-state index in [-0.39, 0.29) is 11.9 Å². The summed E-state index contributed by atoms with van der Waals surface area (Å²) in [5.41, 5.74) is 9.14. The molecule has 1 amide bonds. The van der Waals surface area contributed by atoms with E-state index in [1.54, 1.807) is 0 Å². The fraction of sp³-hybridized carbons (Fsp3) is 0.348. The molecule has 0 bridgehead atoms. The predicted molar refractivity (Wildman–Crippen MR) is 117 cm³/mol. The lowest BCUT2D eigenvalue weighted by atomic mass is 9.89. The standard InChI is InChI=1S/C23H26ClN3O2/c1-14-12-21(25-19-9-7-18(24)8-10-19)20-13-17(23(28)26-29-3)6-11-22(20)27(14)15(2)16-4-5-16/h6-11,13-14,21,25H,4-5,12H2,1-3H3,(H,26,28). The van der Waals surface area contributed by atoms with Crippen molar-refractivity contribution in [1.82, 2.24) is 5.48 Å². The quantitative estimate of drug-likeness (QED) is 0.642. The van der Waals surface area contributed by atoms with E-state index in [2.05, 4.69) is 35.6 Å². The third-order valence-corrected chi connectivity index (χ3v) is 5.95. The van der Waals surface area contributed by atoms with Crippen molar-refractivity contribution in [3.05, 3.63) is 69.9 Å². The number of amides is 1. The maximum atomic E-state index is 12.3. The van der Waals surface area contributed by atoms with Gasteiger partial charge in [0.2, 0.25) is 0 Å². The van der Waals surface area contributed by atoms with Crippen LogP contribution in [-0.4, -0.2) is 19.1 Å². The summed E-state index contributed by atoms with van der Waals surface area (Å²) in [6.45, 7) is 4.47. The Labute approximate surface area is 176 Å². The third-order valence-electron chi connectivity index (χ3n) is 5.70. The zero-order chi connectivity index (χ0) is 20.5. The summed E-state index contributed by atoms with van der Waals surface area (Å²) in [4.78, 5) is 19.6. The molecule has 6 heteroatoms. The molecule has 2 aromatic carbocycles. The molecule has 4 rings (SSSR count). The van der Waals surface area contributed by atoms with Crippen LogP contribution in [0.15, 0.2) is 53.7 Å². The zero-order valence-electron chi connectivity index (χ0n) is 17.0. The molecular formula is C23H26ClN3O2. The smallest absolute Gasteiger partial charge is 0.274 e. The number of carbonyl (C=O) groups is 1. The first kappa shape index (κ1) is 19.8. The molecule has 29 heavy (non-hydrogen) atoms. The van der Waals surface area contributed by atoms with Crippen LogP contribution in [0.5, 0.6) is 0 Å². The number of benzene rings is 2. The van der Waals surface area contributed by atoms with Crippen LogP contribution in [0.4, 0.5) is 11.4 Å². The largest absolute Gasteiger partial charge is 0.378 e. The van der Waals surface area contributed by atoms with Crippen LogP contribution >= 0.6 is 11.6 Å². The molecule has 0 radical (unpaired) electrons. The average molecular weight is 412 g/mol. The van der Waals surface area contributed by atoms with Gasteiger partial charge < -0.3 is 10.2 Å². The first-order valence-corrected chi connectivity index (χ1v) is 10.3. The Bertz CT molecular complexity index is 949. The van der Waals surface area contributed by atoms with E-state index in [0.29, 0.717) is 16.6 Å². The maximum Gasteiger partial charge on any atom is 0.274 e. The molecule has 1 aliphatic heterocycles. The second kappa shape index (κ2) is 8.09. The fourth-order valence-electron chi connectivity index (χ4n) is 4.15. The molecule has 1 fully saturated rings. The Morgan fingerprint density at radius 1 is 1.17 bits per heavy atom. The number of hydroxylamine groups is 1. The summed E-state index contributed by atoms with van der Waals surface area (Å²) in [5, 5.41) is 4.35. The first-order chi connectivity index (χ1) is 14.0. The molecule has 1 aliphatic carbocycles. The molecule has 2 unspecified atom stereocenters. The summed E-state index contributed by atoms with van der Waals surface area (Å²) < 4.78 is 0. The van der Waals surface area contributed by atoms with Gasteiger partial charge in [0.15, 0.2) is 0 Å². The summed E-state index contributed by atoms with van der Waals surface area (Å²) in [5.74, 6) is -0.247. The highest BCUT2D eigenvalue weighted by atomic mass is 35.5. The van der Waals surface area contributed by atoms with Crippen molar-refractivity contribution >= 4 is 28.9 Å². The van der Waals surface area contributed by atoms with E-state index >= 15 is 0 Å². The van der Waals surface area contributed by atoms with Crippen molar-refractivity contribution in [3.8, 4) is 0 Å². The van der Waals surface area contributed by atoms with Crippen LogP contribution in [0.3, 0.4) is 0 Å². The van der Waals surface area contributed by atoms with Crippen molar-refractivity contribution in [2.75, 3.05) is 17.3 Å². The molecule has 1 saturated carbocycles. The lowest BCUT2D eigenvalue weighted by Crippen LogP contribution is -2.39. The summed E-state index contributed by atoms with van der Waals surface area (Å²) >= 11 is 6.04. The van der Waals surface area contributed by atoms with Crippen molar-refractivity contribution in [3.63, 3.8) is 0 Å². The second-order valence-corrected chi connectivity index (χ2v) is 8.19. The monoisotopic (exact) mass is 411 g/mol. The minimum Gasteiger partial charge on any atom is -0.378 e. The van der Waals surface area contributed by atoms with Crippen molar-refractivity contribution in [2.24, 2.45) is 0 Å². The van der Waals surface area contributed by atoms with E-state index in [1.807, 2.05) is 36.4 Å². The highest BCUT2D eigenvalue weighted by Crippen LogP contribution is 2.44. The van der Waals surface area contributed by atoms with E-state index in [4.69, 9.17) is 16.4 Å². The minimum atomic E-state index is -0.247. The molecule has 0 spiro atoms. The number of halogens is 1. The van der Waals surface area contributed by atoms with Gasteiger partial charge in [0, 0.05) is 33.7 Å². The van der Waals surface area contributed by atoms with Crippen LogP contribution in [0.1, 0.15) is 55.1 Å². The Balaban J connectivity index is 1.74. The Morgan fingerprint density at radius 2 is 1.90 bits per heavy atom. The highest BCUT2D eigenvalue weighted by Gasteiger charge is 2.33. The number of allylic oxidation sites excluding steroid dienone is 2. The molecular weight excluding hydrogens is 386 g/mol. The van der Waals surface area contributed by atoms with Crippen LogP contribution in [0.25, 0.3) is 0 Å². The number of anilines is 2. The van der Waals surface area contributed by atoms with Gasteiger partial charge in [0.1, 0.15) is 0 Å². The predicted octanol–water partition coefficient (Wildman–Crippen LogP) is 5.45. The maximum absolute atomic E-state index is 12.3. The minimum absolute atomic E-state index is 0.0877. The van der Waals surface area contributed by atoms with E-state index in [1.165, 1.54) is 31.2 Å². The highest BCUT2D eigenvalue weighted by molar-refractivity contribution is 6.30. The molecule has 2 atom stereocenters. The Hall–Kier alpha value is -2.50. The van der Waals surface area contributed by atoms with Gasteiger partial charge in [-0.1, -0.05) is 17.2 Å². The fourth-order valence-corrected chi connectivity index (χ4v) is 4.27. The number of nitrogens with one attached hydrogen (secondary N) is 2. The number of fused-ring (bicyclic) bond motifs is 1. The van der Waals surface area contributed by atoms with Gasteiger partial charge in [-0.15, -0.1) is 0 Å². The van der Waals surface area contributed by atoms with Crippen LogP contribution in [-0.2, 0) is 4.84 Å². The summed E-state index contributed by atoms with van der Waals surface area (Å²) in [7, 11) is 1.44. The van der Waals surface area contributed by atoms with Crippen LogP contribution < -0.4 is 15.7 Å². The topological polar surface area (TPSA) is 53.6 Å². The Kier molecular flexibility index (Phi) is 5.52. The molecule has 0 saturated heterocycles. The number of nitrogens with zero attached hydrogens (tertiary/aromatic N) is 1. The zero-order valence-corrected chi connectivity index (χ0v) is 17.7. The van der Waals surface area contributed by atoms with E-state index in [0.717, 1.165) is 23.4 Å². The number of carbonyl (C=O) groups excluding carboxylic acids is 1. The Morgan fingerprint density at radius 3 is 2.55 bits per heavy atom.